The largest absolute Gasteiger partial charge is 0.366 e. The van der Waals surface area contributed by atoms with Crippen molar-refractivity contribution in [2.24, 2.45) is 5.73 Å². The first kappa shape index (κ1) is 11.4. The molecule has 6 heteroatoms. The third-order valence-electron chi connectivity index (χ3n) is 1.51. The summed E-state index contributed by atoms with van der Waals surface area (Å²) in [6.07, 6.45) is 0.145. The third-order valence-corrected chi connectivity index (χ3v) is 3.00. The Bertz CT molecular complexity index is 244. The van der Waals surface area contributed by atoms with E-state index < -0.39 is 19.2 Å². The highest BCUT2D eigenvalue weighted by atomic mass is 31.2. The lowest BCUT2D eigenvalue weighted by Crippen LogP contribution is -2.23. The van der Waals surface area contributed by atoms with Crippen LogP contribution in [0.25, 0.3) is 0 Å². The second kappa shape index (κ2) is 3.85. The van der Waals surface area contributed by atoms with Crippen molar-refractivity contribution in [3.05, 3.63) is 12.2 Å². The van der Waals surface area contributed by atoms with Gasteiger partial charge < -0.3 is 15.5 Å². The second-order valence-electron chi connectivity index (χ2n) is 2.40. The third kappa shape index (κ3) is 2.77. The summed E-state index contributed by atoms with van der Waals surface area (Å²) in [7, 11) is -4.29. The highest BCUT2D eigenvalue weighted by molar-refractivity contribution is 7.53. The predicted molar refractivity (Wildman–Crippen MR) is 44.5 cm³/mol. The molecule has 0 spiro atoms. The first-order valence-corrected chi connectivity index (χ1v) is 5.02. The Morgan fingerprint density at radius 3 is 2.17 bits per heavy atom. The molecule has 0 fully saturated rings. The van der Waals surface area contributed by atoms with Crippen LogP contribution in [-0.4, -0.2) is 21.4 Å². The van der Waals surface area contributed by atoms with Crippen LogP contribution in [-0.2, 0) is 9.36 Å². The molecule has 0 rings (SSSR count). The van der Waals surface area contributed by atoms with E-state index in [1.54, 1.807) is 6.92 Å². The summed E-state index contributed by atoms with van der Waals surface area (Å²) in [6, 6.07) is 0. The van der Waals surface area contributed by atoms with Crippen molar-refractivity contribution in [2.75, 3.05) is 0 Å². The van der Waals surface area contributed by atoms with Gasteiger partial charge in [-0.2, -0.15) is 0 Å². The Kier molecular flexibility index (Phi) is 3.64. The molecule has 0 aromatic heterocycles. The molecule has 0 aliphatic heterocycles. The van der Waals surface area contributed by atoms with Crippen molar-refractivity contribution < 1.29 is 19.1 Å². The van der Waals surface area contributed by atoms with Gasteiger partial charge >= 0.3 is 7.60 Å². The Morgan fingerprint density at radius 1 is 1.67 bits per heavy atom. The highest BCUT2D eigenvalue weighted by Crippen LogP contribution is 2.45. The minimum Gasteiger partial charge on any atom is -0.366 e. The molecule has 0 aliphatic rings. The number of rotatable bonds is 4. The number of hydrogen-bond donors (Lipinski definition) is 3. The van der Waals surface area contributed by atoms with Crippen LogP contribution in [0.2, 0.25) is 0 Å². The SMILES string of the molecule is C=C(C(N)=O)C(CC)P(=O)(O)O. The molecule has 0 aliphatic carbocycles. The number of amides is 1. The number of carbonyl (C=O) groups excluding carboxylic acids is 1. The molecule has 0 aromatic rings. The van der Waals surface area contributed by atoms with E-state index in [-0.39, 0.29) is 12.0 Å². The zero-order valence-electron chi connectivity index (χ0n) is 6.73. The van der Waals surface area contributed by atoms with Gasteiger partial charge in [-0.05, 0) is 6.42 Å². The van der Waals surface area contributed by atoms with Gasteiger partial charge in [0.25, 0.3) is 0 Å². The monoisotopic (exact) mass is 193 g/mol. The van der Waals surface area contributed by atoms with E-state index >= 15 is 0 Å². The molecule has 1 atom stereocenters. The maximum absolute atomic E-state index is 10.7. The summed E-state index contributed by atoms with van der Waals surface area (Å²) in [6.45, 7) is 4.78. The molecule has 1 unspecified atom stereocenters. The van der Waals surface area contributed by atoms with E-state index in [0.29, 0.717) is 0 Å². The molecule has 0 aromatic carbocycles. The lowest BCUT2D eigenvalue weighted by molar-refractivity contribution is -0.114. The van der Waals surface area contributed by atoms with Gasteiger partial charge in [0.2, 0.25) is 5.91 Å². The highest BCUT2D eigenvalue weighted by Gasteiger charge is 2.31. The summed E-state index contributed by atoms with van der Waals surface area (Å²) in [4.78, 5) is 28.0. The average Bonchev–Trinajstić information content (AvgIpc) is 1.85. The van der Waals surface area contributed by atoms with Crippen molar-refractivity contribution in [2.45, 2.75) is 19.0 Å². The van der Waals surface area contributed by atoms with Crippen LogP contribution < -0.4 is 5.73 Å². The van der Waals surface area contributed by atoms with Gasteiger partial charge in [-0.25, -0.2) is 0 Å². The summed E-state index contributed by atoms with van der Waals surface area (Å²) in [5.74, 6) is -0.870. The van der Waals surface area contributed by atoms with Crippen molar-refractivity contribution in [3.8, 4) is 0 Å². The number of hydrogen-bond acceptors (Lipinski definition) is 2. The van der Waals surface area contributed by atoms with E-state index in [1.165, 1.54) is 0 Å². The fourth-order valence-electron chi connectivity index (χ4n) is 0.851. The molecular weight excluding hydrogens is 181 g/mol. The lowest BCUT2D eigenvalue weighted by Gasteiger charge is -2.16. The molecule has 12 heavy (non-hydrogen) atoms. The molecule has 70 valence electrons. The summed E-state index contributed by atoms with van der Waals surface area (Å²) in [5.41, 5.74) is 3.47. The quantitative estimate of drug-likeness (QED) is 0.431. The summed E-state index contributed by atoms with van der Waals surface area (Å²) >= 11 is 0. The smallest absolute Gasteiger partial charge is 0.333 e. The van der Waals surface area contributed by atoms with E-state index in [2.05, 4.69) is 6.58 Å². The maximum Gasteiger partial charge on any atom is 0.333 e. The minimum atomic E-state index is -4.29. The van der Waals surface area contributed by atoms with Gasteiger partial charge in [0, 0.05) is 5.57 Å². The van der Waals surface area contributed by atoms with Gasteiger partial charge in [0.05, 0.1) is 5.66 Å². The molecule has 0 heterocycles. The molecule has 0 radical (unpaired) electrons. The molecule has 1 amide bonds. The fraction of sp³-hybridized carbons (Fsp3) is 0.500. The Morgan fingerprint density at radius 2 is 2.08 bits per heavy atom. The van der Waals surface area contributed by atoms with Crippen LogP contribution in [0.4, 0.5) is 0 Å². The van der Waals surface area contributed by atoms with E-state index in [1.807, 2.05) is 0 Å². The molecule has 5 nitrogen and oxygen atoms in total. The van der Waals surface area contributed by atoms with Gasteiger partial charge in [0.15, 0.2) is 0 Å². The van der Waals surface area contributed by atoms with Gasteiger partial charge in [-0.15, -0.1) is 0 Å². The van der Waals surface area contributed by atoms with Gasteiger partial charge in [0.1, 0.15) is 0 Å². The molecule has 0 saturated carbocycles. The van der Waals surface area contributed by atoms with Crippen LogP contribution in [0.15, 0.2) is 12.2 Å². The normalized spacial score (nSPS) is 13.9. The molecular formula is C6H12NO4P. The predicted octanol–water partition coefficient (Wildman–Crippen LogP) is -0.0158. The zero-order chi connectivity index (χ0) is 9.94. The van der Waals surface area contributed by atoms with Crippen LogP contribution in [0.3, 0.4) is 0 Å². The topological polar surface area (TPSA) is 101 Å². The van der Waals surface area contributed by atoms with Crippen LogP contribution in [0, 0.1) is 0 Å². The first-order chi connectivity index (χ1) is 5.30. The first-order valence-electron chi connectivity index (χ1n) is 3.34. The minimum absolute atomic E-state index is 0.145. The molecule has 0 bridgehead atoms. The number of primary amides is 1. The van der Waals surface area contributed by atoms with Crippen molar-refractivity contribution in [1.82, 2.24) is 0 Å². The van der Waals surface area contributed by atoms with Crippen molar-refractivity contribution >= 4 is 13.5 Å². The zero-order valence-corrected chi connectivity index (χ0v) is 7.62. The van der Waals surface area contributed by atoms with Gasteiger partial charge in [-0.1, -0.05) is 13.5 Å². The molecule has 0 saturated heterocycles. The van der Waals surface area contributed by atoms with Gasteiger partial charge in [-0.3, -0.25) is 9.36 Å². The van der Waals surface area contributed by atoms with Crippen molar-refractivity contribution in [1.29, 1.82) is 0 Å². The van der Waals surface area contributed by atoms with E-state index in [4.69, 9.17) is 15.5 Å². The van der Waals surface area contributed by atoms with Crippen LogP contribution in [0.1, 0.15) is 13.3 Å². The Balaban J connectivity index is 4.70. The van der Waals surface area contributed by atoms with E-state index in [0.717, 1.165) is 0 Å². The fourth-order valence-corrected chi connectivity index (χ4v) is 1.86. The molecule has 4 N–H and O–H groups in total. The summed E-state index contributed by atoms with van der Waals surface area (Å²) < 4.78 is 10.7. The van der Waals surface area contributed by atoms with Crippen LogP contribution in [0.5, 0.6) is 0 Å². The number of nitrogens with two attached hydrogens (primary N) is 1. The average molecular weight is 193 g/mol. The standard InChI is InChI=1S/C6H12NO4P/c1-3-5(12(9,10)11)4(2)6(7)8/h5H,2-3H2,1H3,(H2,7,8)(H2,9,10,11). The Labute approximate surface area is 70.4 Å². The number of carbonyl (C=O) groups is 1. The Hall–Kier alpha value is -0.640. The van der Waals surface area contributed by atoms with Crippen molar-refractivity contribution in [3.63, 3.8) is 0 Å². The van der Waals surface area contributed by atoms with Crippen LogP contribution >= 0.6 is 7.60 Å². The van der Waals surface area contributed by atoms with E-state index in [9.17, 15) is 9.36 Å². The lowest BCUT2D eigenvalue weighted by atomic mass is 10.1. The second-order valence-corrected chi connectivity index (χ2v) is 4.20. The summed E-state index contributed by atoms with van der Waals surface area (Å²) in [5, 5.41) is 0. The maximum atomic E-state index is 10.7.